The number of fused-ring (bicyclic) bond motifs is 7. The predicted molar refractivity (Wildman–Crippen MR) is 136 cm³/mol. The van der Waals surface area contributed by atoms with E-state index in [0.29, 0.717) is 35.5 Å². The molecule has 5 rings (SSSR count). The highest BCUT2D eigenvalue weighted by Gasteiger charge is 2.71. The van der Waals surface area contributed by atoms with Crippen molar-refractivity contribution in [1.82, 2.24) is 0 Å². The van der Waals surface area contributed by atoms with Crippen LogP contribution in [0, 0.1) is 56.2 Å². The molecule has 5 aliphatic carbocycles. The zero-order valence-electron chi connectivity index (χ0n) is 23.2. The minimum absolute atomic E-state index is 0.0108. The molecule has 9 atom stereocenters. The average Bonchev–Trinajstić information content (AvgIpc) is 2.75. The number of hydrogen-bond donors (Lipinski definition) is 1. The van der Waals surface area contributed by atoms with Gasteiger partial charge in [0.05, 0.1) is 6.10 Å². The van der Waals surface area contributed by atoms with E-state index in [4.69, 9.17) is 0 Å². The maximum Gasteiger partial charge on any atom is 0.204 e. The summed E-state index contributed by atoms with van der Waals surface area (Å²) >= 11 is 0. The smallest absolute Gasteiger partial charge is 0.204 e. The van der Waals surface area contributed by atoms with Gasteiger partial charge in [0.25, 0.3) is 0 Å². The summed E-state index contributed by atoms with van der Waals surface area (Å²) in [6.07, 6.45) is 10.8. The SMILES string of the molecule is CCC12CCC(C)(C)C(O)C1C1CCC3[C@@]4(C)CC(=O)C(=O)C(C)(C)C4CC[C@@]3(C)[C@@]1(C)CC2. The van der Waals surface area contributed by atoms with Gasteiger partial charge in [-0.3, -0.25) is 9.59 Å². The van der Waals surface area contributed by atoms with Crippen molar-refractivity contribution < 1.29 is 14.7 Å². The number of carbonyl (C=O) groups is 2. The third kappa shape index (κ3) is 2.80. The van der Waals surface area contributed by atoms with Crippen molar-refractivity contribution >= 4 is 11.6 Å². The Balaban J connectivity index is 1.57. The van der Waals surface area contributed by atoms with Crippen LogP contribution < -0.4 is 0 Å². The molecule has 0 aromatic carbocycles. The Hall–Kier alpha value is -0.700. The molecule has 5 aliphatic rings. The Labute approximate surface area is 208 Å². The van der Waals surface area contributed by atoms with Gasteiger partial charge in [0.2, 0.25) is 5.78 Å². The molecule has 192 valence electrons. The fraction of sp³-hybridized carbons (Fsp3) is 0.935. The molecule has 0 radical (unpaired) electrons. The highest BCUT2D eigenvalue weighted by molar-refractivity contribution is 6.39. The summed E-state index contributed by atoms with van der Waals surface area (Å²) in [5, 5.41) is 11.9. The Morgan fingerprint density at radius 2 is 1.44 bits per heavy atom. The van der Waals surface area contributed by atoms with E-state index >= 15 is 0 Å². The molecule has 0 amide bonds. The van der Waals surface area contributed by atoms with Crippen LogP contribution in [0.15, 0.2) is 0 Å². The highest BCUT2D eigenvalue weighted by atomic mass is 16.3. The first-order chi connectivity index (χ1) is 15.6. The molecule has 34 heavy (non-hydrogen) atoms. The zero-order chi connectivity index (χ0) is 25.1. The molecule has 0 heterocycles. The minimum atomic E-state index is -0.545. The molecular weight excluding hydrogens is 420 g/mol. The first kappa shape index (κ1) is 25.0. The van der Waals surface area contributed by atoms with Crippen molar-refractivity contribution in [3.05, 3.63) is 0 Å². The van der Waals surface area contributed by atoms with Crippen LogP contribution in [0.5, 0.6) is 0 Å². The van der Waals surface area contributed by atoms with E-state index in [2.05, 4.69) is 41.5 Å². The molecule has 6 unspecified atom stereocenters. The van der Waals surface area contributed by atoms with Gasteiger partial charge in [0, 0.05) is 11.8 Å². The van der Waals surface area contributed by atoms with Crippen LogP contribution in [-0.4, -0.2) is 22.8 Å². The molecule has 0 bridgehead atoms. The second-order valence-electron chi connectivity index (χ2n) is 15.5. The molecular formula is C31H50O3. The van der Waals surface area contributed by atoms with Crippen molar-refractivity contribution in [3.8, 4) is 0 Å². The number of hydrogen-bond acceptors (Lipinski definition) is 3. The maximum absolute atomic E-state index is 13.0. The van der Waals surface area contributed by atoms with E-state index in [1.165, 1.54) is 32.1 Å². The Bertz CT molecular complexity index is 902. The summed E-state index contributed by atoms with van der Waals surface area (Å²) in [6.45, 7) is 18.5. The van der Waals surface area contributed by atoms with E-state index in [-0.39, 0.29) is 39.3 Å². The molecule has 0 aliphatic heterocycles. The summed E-state index contributed by atoms with van der Waals surface area (Å²) in [4.78, 5) is 25.9. The fourth-order valence-electron chi connectivity index (χ4n) is 11.5. The number of aliphatic hydroxyl groups excluding tert-OH is 1. The molecule has 0 aromatic heterocycles. The third-order valence-electron chi connectivity index (χ3n) is 13.8. The molecule has 3 nitrogen and oxygen atoms in total. The summed E-state index contributed by atoms with van der Waals surface area (Å²) in [6, 6.07) is 0. The van der Waals surface area contributed by atoms with Crippen LogP contribution in [0.2, 0.25) is 0 Å². The second-order valence-corrected chi connectivity index (χ2v) is 15.5. The summed E-state index contributed by atoms with van der Waals surface area (Å²) in [5.41, 5.74) is -0.0346. The fourth-order valence-corrected chi connectivity index (χ4v) is 11.5. The van der Waals surface area contributed by atoms with Crippen LogP contribution in [0.25, 0.3) is 0 Å². The molecule has 5 saturated carbocycles. The lowest BCUT2D eigenvalue weighted by Gasteiger charge is -2.73. The van der Waals surface area contributed by atoms with E-state index in [1.54, 1.807) is 0 Å². The van der Waals surface area contributed by atoms with Gasteiger partial charge >= 0.3 is 0 Å². The highest BCUT2D eigenvalue weighted by Crippen LogP contribution is 2.76. The van der Waals surface area contributed by atoms with Gasteiger partial charge in [-0.2, -0.15) is 0 Å². The quantitative estimate of drug-likeness (QED) is 0.420. The van der Waals surface area contributed by atoms with Crippen molar-refractivity contribution in [2.45, 2.75) is 126 Å². The van der Waals surface area contributed by atoms with Crippen molar-refractivity contribution in [2.75, 3.05) is 0 Å². The number of ketones is 2. The number of rotatable bonds is 1. The lowest BCUT2D eigenvalue weighted by Crippen LogP contribution is -2.69. The van der Waals surface area contributed by atoms with Gasteiger partial charge in [0.15, 0.2) is 5.78 Å². The Kier molecular flexibility index (Phi) is 5.29. The first-order valence-corrected chi connectivity index (χ1v) is 14.4. The number of Topliss-reactive ketones (excluding diaryl/α,β-unsaturated/α-hetero) is 2. The summed E-state index contributed by atoms with van der Waals surface area (Å²) in [5.74, 6) is 1.44. The molecule has 3 heteroatoms. The van der Waals surface area contributed by atoms with Crippen molar-refractivity contribution in [3.63, 3.8) is 0 Å². The van der Waals surface area contributed by atoms with E-state index in [0.717, 1.165) is 25.7 Å². The third-order valence-corrected chi connectivity index (χ3v) is 13.8. The van der Waals surface area contributed by atoms with Crippen molar-refractivity contribution in [2.24, 2.45) is 56.2 Å². The number of aliphatic hydroxyl groups is 1. The monoisotopic (exact) mass is 470 g/mol. The van der Waals surface area contributed by atoms with Gasteiger partial charge in [0.1, 0.15) is 0 Å². The van der Waals surface area contributed by atoms with E-state index < -0.39 is 5.41 Å². The van der Waals surface area contributed by atoms with Crippen molar-refractivity contribution in [1.29, 1.82) is 0 Å². The van der Waals surface area contributed by atoms with Gasteiger partial charge in [-0.1, -0.05) is 61.8 Å². The van der Waals surface area contributed by atoms with Gasteiger partial charge < -0.3 is 5.11 Å². The van der Waals surface area contributed by atoms with Gasteiger partial charge in [-0.15, -0.1) is 0 Å². The zero-order valence-corrected chi connectivity index (χ0v) is 23.2. The molecule has 0 spiro atoms. The maximum atomic E-state index is 13.0. The molecule has 5 fully saturated rings. The van der Waals surface area contributed by atoms with Crippen LogP contribution >= 0.6 is 0 Å². The van der Waals surface area contributed by atoms with Crippen LogP contribution in [-0.2, 0) is 9.59 Å². The van der Waals surface area contributed by atoms with Crippen LogP contribution in [0.3, 0.4) is 0 Å². The molecule has 1 N–H and O–H groups in total. The van der Waals surface area contributed by atoms with E-state index in [1.807, 2.05) is 13.8 Å². The lowest BCUT2D eigenvalue weighted by atomic mass is 9.31. The molecule has 0 saturated heterocycles. The van der Waals surface area contributed by atoms with E-state index in [9.17, 15) is 14.7 Å². The average molecular weight is 471 g/mol. The summed E-state index contributed by atoms with van der Waals surface area (Å²) in [7, 11) is 0. The topological polar surface area (TPSA) is 54.4 Å². The first-order valence-electron chi connectivity index (χ1n) is 14.4. The second kappa shape index (κ2) is 7.20. The van der Waals surface area contributed by atoms with Gasteiger partial charge in [-0.05, 0) is 102 Å². The van der Waals surface area contributed by atoms with Gasteiger partial charge in [-0.25, -0.2) is 0 Å². The van der Waals surface area contributed by atoms with Crippen LogP contribution in [0.1, 0.15) is 120 Å². The number of carbonyl (C=O) groups excluding carboxylic acids is 2. The largest absolute Gasteiger partial charge is 0.392 e. The minimum Gasteiger partial charge on any atom is -0.392 e. The lowest BCUT2D eigenvalue weighted by molar-refractivity contribution is -0.259. The Morgan fingerprint density at radius 3 is 2.09 bits per heavy atom. The van der Waals surface area contributed by atoms with Crippen LogP contribution in [0.4, 0.5) is 0 Å². The summed E-state index contributed by atoms with van der Waals surface area (Å²) < 4.78 is 0. The standard InChI is InChI=1S/C31H50O3/c1-9-31-16-14-26(2,3)25(34)23(31)19-10-11-22-28(6)18-20(32)24(33)27(4,5)21(28)12-13-30(22,8)29(19,7)15-17-31/h19,21-23,25,34H,9-18H2,1-8H3/t19?,21?,22?,23?,25?,28-,29-,30+,31?/m0/s1. The normalized spacial score (nSPS) is 53.9. The molecule has 0 aromatic rings. The Morgan fingerprint density at radius 1 is 0.794 bits per heavy atom. The predicted octanol–water partition coefficient (Wildman–Crippen LogP) is 7.00.